The Morgan fingerprint density at radius 1 is 1.73 bits per heavy atom. The highest BCUT2D eigenvalue weighted by Gasteiger charge is 2.10. The average Bonchev–Trinajstić information content (AvgIpc) is 2.36. The van der Waals surface area contributed by atoms with E-state index in [-0.39, 0.29) is 0 Å². The molecule has 6 heteroatoms. The minimum absolute atomic E-state index is 0.417. The Morgan fingerprint density at radius 2 is 2.36 bits per heavy atom. The van der Waals surface area contributed by atoms with Crippen molar-refractivity contribution in [2.45, 2.75) is 5.16 Å². The van der Waals surface area contributed by atoms with Gasteiger partial charge in [-0.25, -0.2) is 8.57 Å². The molecule has 62 valence electrons. The van der Waals surface area contributed by atoms with Gasteiger partial charge in [0.25, 0.3) is 0 Å². The summed E-state index contributed by atoms with van der Waals surface area (Å²) < 4.78 is 16.9. The maximum atomic E-state index is 11.5. The van der Waals surface area contributed by atoms with E-state index >= 15 is 0 Å². The second-order valence-electron chi connectivity index (χ2n) is 2.21. The minimum Gasteiger partial charge on any atom is -0.309 e. The third-order valence-electron chi connectivity index (χ3n) is 1.36. The molecule has 0 N–H and O–H groups in total. The molecule has 1 rings (SSSR count). The SMILES string of the molecule is CN=[S@@](C)(=O)c1nncn1C. The lowest BCUT2D eigenvalue weighted by Crippen LogP contribution is -2.05. The number of nitrogens with zero attached hydrogens (tertiary/aromatic N) is 4. The molecule has 0 amide bonds. The van der Waals surface area contributed by atoms with Crippen LogP contribution >= 0.6 is 0 Å². The molecule has 5 nitrogen and oxygen atoms in total. The third kappa shape index (κ3) is 1.40. The molecule has 0 saturated carbocycles. The van der Waals surface area contributed by atoms with Gasteiger partial charge in [0.1, 0.15) is 16.1 Å². The van der Waals surface area contributed by atoms with Gasteiger partial charge in [0, 0.05) is 20.4 Å². The predicted octanol–water partition coefficient (Wildman–Crippen LogP) is -0.0984. The van der Waals surface area contributed by atoms with Crippen molar-refractivity contribution in [3.8, 4) is 0 Å². The first-order valence-corrected chi connectivity index (χ1v) is 4.94. The van der Waals surface area contributed by atoms with Gasteiger partial charge in [-0.05, 0) is 0 Å². The molecular formula is C5H10N4OS. The van der Waals surface area contributed by atoms with Crippen LogP contribution in [0.1, 0.15) is 0 Å². The number of hydrogen-bond acceptors (Lipinski definition) is 4. The molecule has 1 atom stereocenters. The van der Waals surface area contributed by atoms with E-state index in [2.05, 4.69) is 14.6 Å². The molecule has 0 spiro atoms. The summed E-state index contributed by atoms with van der Waals surface area (Å²) >= 11 is 0. The molecular weight excluding hydrogens is 164 g/mol. The zero-order chi connectivity index (χ0) is 8.48. The summed E-state index contributed by atoms with van der Waals surface area (Å²) in [5.74, 6) is 0. The molecule has 11 heavy (non-hydrogen) atoms. The van der Waals surface area contributed by atoms with E-state index in [1.807, 2.05) is 0 Å². The van der Waals surface area contributed by atoms with E-state index in [1.165, 1.54) is 19.6 Å². The quantitative estimate of drug-likeness (QED) is 0.597. The molecule has 0 unspecified atom stereocenters. The van der Waals surface area contributed by atoms with Gasteiger partial charge in [0.05, 0.1) is 0 Å². The van der Waals surface area contributed by atoms with Crippen LogP contribution in [0.3, 0.4) is 0 Å². The van der Waals surface area contributed by atoms with Gasteiger partial charge in [-0.1, -0.05) is 0 Å². The Morgan fingerprint density at radius 3 is 2.73 bits per heavy atom. The number of rotatable bonds is 1. The van der Waals surface area contributed by atoms with Crippen LogP contribution in [0.25, 0.3) is 0 Å². The van der Waals surface area contributed by atoms with E-state index < -0.39 is 9.73 Å². The number of aryl methyl sites for hydroxylation is 1. The number of aromatic nitrogens is 3. The highest BCUT2D eigenvalue weighted by atomic mass is 32.2. The summed E-state index contributed by atoms with van der Waals surface area (Å²) in [4.78, 5) is 0. The maximum Gasteiger partial charge on any atom is 0.229 e. The Bertz CT molecular complexity index is 360. The third-order valence-corrected chi connectivity index (χ3v) is 3.10. The Balaban J connectivity index is 3.34. The lowest BCUT2D eigenvalue weighted by atomic mass is 11.1. The summed E-state index contributed by atoms with van der Waals surface area (Å²) in [7, 11) is 0.929. The smallest absolute Gasteiger partial charge is 0.229 e. The first-order chi connectivity index (χ1) is 5.08. The first-order valence-electron chi connectivity index (χ1n) is 3.02. The fraction of sp³-hybridized carbons (Fsp3) is 0.600. The Hall–Kier alpha value is -0.910. The van der Waals surface area contributed by atoms with E-state index in [1.54, 1.807) is 11.6 Å². The summed E-state index contributed by atoms with van der Waals surface area (Å²) in [6.45, 7) is 0. The largest absolute Gasteiger partial charge is 0.309 e. The zero-order valence-electron chi connectivity index (χ0n) is 6.68. The van der Waals surface area contributed by atoms with Crippen molar-refractivity contribution < 1.29 is 4.21 Å². The maximum absolute atomic E-state index is 11.5. The van der Waals surface area contributed by atoms with Crippen LogP contribution in [-0.4, -0.2) is 32.3 Å². The van der Waals surface area contributed by atoms with Crippen LogP contribution in [0, 0.1) is 0 Å². The van der Waals surface area contributed by atoms with Crippen LogP contribution in [0.15, 0.2) is 15.8 Å². The highest BCUT2D eigenvalue weighted by Crippen LogP contribution is 2.03. The summed E-state index contributed by atoms with van der Waals surface area (Å²) in [5, 5.41) is 7.73. The monoisotopic (exact) mass is 174 g/mol. The van der Waals surface area contributed by atoms with Gasteiger partial charge in [-0.15, -0.1) is 10.2 Å². The van der Waals surface area contributed by atoms with Crippen molar-refractivity contribution in [3.63, 3.8) is 0 Å². The second-order valence-corrected chi connectivity index (χ2v) is 4.54. The van der Waals surface area contributed by atoms with Gasteiger partial charge >= 0.3 is 0 Å². The molecule has 0 fully saturated rings. The highest BCUT2D eigenvalue weighted by molar-refractivity contribution is 7.92. The van der Waals surface area contributed by atoms with E-state index in [4.69, 9.17) is 0 Å². The Kier molecular flexibility index (Phi) is 1.95. The second kappa shape index (κ2) is 2.61. The fourth-order valence-electron chi connectivity index (χ4n) is 0.697. The molecule has 1 aromatic heterocycles. The molecule has 0 aliphatic heterocycles. The fourth-order valence-corrected chi connectivity index (χ4v) is 1.64. The minimum atomic E-state index is -2.32. The van der Waals surface area contributed by atoms with Gasteiger partial charge in [0.15, 0.2) is 0 Å². The number of hydrogen-bond donors (Lipinski definition) is 0. The average molecular weight is 174 g/mol. The topological polar surface area (TPSA) is 60.1 Å². The molecule has 1 aromatic rings. The van der Waals surface area contributed by atoms with Gasteiger partial charge in [-0.3, -0.25) is 0 Å². The normalized spacial score (nSPS) is 15.9. The van der Waals surface area contributed by atoms with E-state index in [9.17, 15) is 4.21 Å². The molecule has 0 aromatic carbocycles. The van der Waals surface area contributed by atoms with Crippen molar-refractivity contribution in [2.75, 3.05) is 13.3 Å². The molecule has 1 heterocycles. The zero-order valence-corrected chi connectivity index (χ0v) is 7.50. The summed E-state index contributed by atoms with van der Waals surface area (Å²) in [6.07, 6.45) is 3.04. The van der Waals surface area contributed by atoms with Crippen LogP contribution in [-0.2, 0) is 16.8 Å². The molecule has 0 bridgehead atoms. The van der Waals surface area contributed by atoms with Gasteiger partial charge in [0.2, 0.25) is 5.16 Å². The van der Waals surface area contributed by atoms with Crippen LogP contribution < -0.4 is 0 Å². The van der Waals surface area contributed by atoms with Crippen LogP contribution in [0.2, 0.25) is 0 Å². The van der Waals surface area contributed by atoms with Crippen molar-refractivity contribution in [2.24, 2.45) is 11.4 Å². The van der Waals surface area contributed by atoms with Crippen molar-refractivity contribution in [1.82, 2.24) is 14.8 Å². The standard InChI is InChI=1S/C5H10N4OS/c1-6-11(3,10)5-8-7-4-9(5)2/h4H,1-3H3/t11-/m0/s1. The molecule has 0 aliphatic carbocycles. The lowest BCUT2D eigenvalue weighted by molar-refractivity contribution is 0.660. The summed E-state index contributed by atoms with van der Waals surface area (Å²) in [6, 6.07) is 0. The molecule has 0 aliphatic rings. The van der Waals surface area contributed by atoms with Crippen LogP contribution in [0.5, 0.6) is 0 Å². The molecule has 0 radical (unpaired) electrons. The van der Waals surface area contributed by atoms with Gasteiger partial charge in [-0.2, -0.15) is 0 Å². The van der Waals surface area contributed by atoms with Gasteiger partial charge < -0.3 is 4.57 Å². The van der Waals surface area contributed by atoms with Crippen molar-refractivity contribution >= 4 is 9.73 Å². The summed E-state index contributed by atoms with van der Waals surface area (Å²) in [5.41, 5.74) is 0. The van der Waals surface area contributed by atoms with E-state index in [0.717, 1.165) is 0 Å². The molecule has 0 saturated heterocycles. The Labute approximate surface area is 65.6 Å². The predicted molar refractivity (Wildman–Crippen MR) is 41.7 cm³/mol. The van der Waals surface area contributed by atoms with Crippen molar-refractivity contribution in [1.29, 1.82) is 0 Å². The lowest BCUT2D eigenvalue weighted by Gasteiger charge is -1.99. The van der Waals surface area contributed by atoms with Crippen molar-refractivity contribution in [3.05, 3.63) is 6.33 Å². The first kappa shape index (κ1) is 8.19. The van der Waals surface area contributed by atoms with E-state index in [0.29, 0.717) is 5.16 Å². The van der Waals surface area contributed by atoms with Crippen LogP contribution in [0.4, 0.5) is 0 Å².